The first-order valence-electron chi connectivity index (χ1n) is 8.32. The number of rotatable bonds is 6. The highest BCUT2D eigenvalue weighted by Gasteiger charge is 2.25. The van der Waals surface area contributed by atoms with Crippen molar-refractivity contribution in [2.45, 2.75) is 18.9 Å². The van der Waals surface area contributed by atoms with Crippen molar-refractivity contribution in [3.63, 3.8) is 0 Å². The topological polar surface area (TPSA) is 90.9 Å². The largest absolute Gasteiger partial charge is 0.484 e. The van der Waals surface area contributed by atoms with Gasteiger partial charge in [-0.15, -0.1) is 12.4 Å². The van der Waals surface area contributed by atoms with Gasteiger partial charge in [-0.25, -0.2) is 0 Å². The lowest BCUT2D eigenvalue weighted by Crippen LogP contribution is -2.36. The lowest BCUT2D eigenvalue weighted by atomic mass is 10.1. The van der Waals surface area contributed by atoms with Crippen molar-refractivity contribution in [3.05, 3.63) is 24.3 Å². The number of amides is 2. The van der Waals surface area contributed by atoms with Gasteiger partial charge in [0.2, 0.25) is 5.91 Å². The van der Waals surface area contributed by atoms with E-state index in [2.05, 4.69) is 10.6 Å². The van der Waals surface area contributed by atoms with Gasteiger partial charge in [0, 0.05) is 50.3 Å². The Morgan fingerprint density at radius 2 is 2.24 bits per heavy atom. The van der Waals surface area contributed by atoms with Crippen LogP contribution in [-0.2, 0) is 9.59 Å². The van der Waals surface area contributed by atoms with Crippen LogP contribution in [0.3, 0.4) is 0 Å². The van der Waals surface area contributed by atoms with E-state index in [0.29, 0.717) is 31.8 Å². The molecule has 3 rings (SSSR count). The monoisotopic (exact) mass is 369 g/mol. The number of aliphatic hydroxyl groups excluding tert-OH is 1. The fourth-order valence-electron chi connectivity index (χ4n) is 3.03. The van der Waals surface area contributed by atoms with Crippen molar-refractivity contribution < 1.29 is 19.4 Å². The highest BCUT2D eigenvalue weighted by molar-refractivity contribution is 5.95. The van der Waals surface area contributed by atoms with E-state index in [4.69, 9.17) is 4.74 Å². The number of ether oxygens (including phenoxy) is 1. The van der Waals surface area contributed by atoms with E-state index in [1.54, 1.807) is 17.0 Å². The van der Waals surface area contributed by atoms with Crippen LogP contribution in [0, 0.1) is 5.92 Å². The molecule has 0 saturated carbocycles. The van der Waals surface area contributed by atoms with Crippen molar-refractivity contribution in [1.29, 1.82) is 0 Å². The zero-order chi connectivity index (χ0) is 16.9. The molecule has 7 nitrogen and oxygen atoms in total. The van der Waals surface area contributed by atoms with Crippen LogP contribution in [0.15, 0.2) is 24.3 Å². The first-order chi connectivity index (χ1) is 11.6. The normalized spacial score (nSPS) is 22.6. The van der Waals surface area contributed by atoms with Gasteiger partial charge < -0.3 is 25.4 Å². The molecule has 2 fully saturated rings. The van der Waals surface area contributed by atoms with Crippen molar-refractivity contribution in [3.8, 4) is 5.75 Å². The predicted molar refractivity (Wildman–Crippen MR) is 96.1 cm³/mol. The Morgan fingerprint density at radius 1 is 1.40 bits per heavy atom. The first kappa shape index (κ1) is 19.5. The molecule has 2 saturated heterocycles. The van der Waals surface area contributed by atoms with E-state index < -0.39 is 6.10 Å². The lowest BCUT2D eigenvalue weighted by molar-refractivity contribution is -0.123. The minimum atomic E-state index is -0.416. The Labute approximate surface area is 153 Å². The number of nitrogens with one attached hydrogen (secondary N) is 2. The number of anilines is 1. The third kappa shape index (κ3) is 5.07. The van der Waals surface area contributed by atoms with Crippen LogP contribution in [0.25, 0.3) is 0 Å². The second-order valence-corrected chi connectivity index (χ2v) is 6.22. The Hall–Kier alpha value is -1.83. The van der Waals surface area contributed by atoms with Crippen molar-refractivity contribution in [1.82, 2.24) is 10.6 Å². The van der Waals surface area contributed by atoms with Crippen LogP contribution in [0.5, 0.6) is 5.75 Å². The Morgan fingerprint density at radius 3 is 2.92 bits per heavy atom. The number of halogens is 1. The summed E-state index contributed by atoms with van der Waals surface area (Å²) in [5, 5.41) is 15.5. The number of β-amino-alcohol motifs (C(OH)–C–C–N with tert-alkyl or cyclic N) is 1. The molecule has 0 aromatic heterocycles. The third-order valence-electron chi connectivity index (χ3n) is 4.44. The fraction of sp³-hybridized carbons (Fsp3) is 0.529. The zero-order valence-corrected chi connectivity index (χ0v) is 14.8. The Kier molecular flexibility index (Phi) is 7.04. The minimum absolute atomic E-state index is 0. The highest BCUT2D eigenvalue weighted by Crippen LogP contribution is 2.25. The highest BCUT2D eigenvalue weighted by atomic mass is 35.5. The molecule has 0 radical (unpaired) electrons. The second-order valence-electron chi connectivity index (χ2n) is 6.22. The van der Waals surface area contributed by atoms with E-state index in [0.717, 1.165) is 18.7 Å². The zero-order valence-electron chi connectivity index (χ0n) is 13.9. The maximum atomic E-state index is 11.9. The number of hydrogen-bond acceptors (Lipinski definition) is 5. The fourth-order valence-corrected chi connectivity index (χ4v) is 3.03. The summed E-state index contributed by atoms with van der Waals surface area (Å²) in [6.45, 7) is 2.33. The molecule has 2 aliphatic rings. The SMILES string of the molecule is Cl.O=C(COc1cccc(N2CCCC2=O)c1)NCC1CNCC1O. The van der Waals surface area contributed by atoms with Crippen LogP contribution in [0.1, 0.15) is 12.8 Å². The van der Waals surface area contributed by atoms with Crippen molar-refractivity contribution in [2.75, 3.05) is 37.7 Å². The number of carbonyl (C=O) groups excluding carboxylic acids is 2. The van der Waals surface area contributed by atoms with Crippen LogP contribution in [-0.4, -0.2) is 55.8 Å². The molecule has 138 valence electrons. The van der Waals surface area contributed by atoms with Gasteiger partial charge in [0.15, 0.2) is 6.61 Å². The summed E-state index contributed by atoms with van der Waals surface area (Å²) >= 11 is 0. The van der Waals surface area contributed by atoms with Gasteiger partial charge in [0.1, 0.15) is 5.75 Å². The summed E-state index contributed by atoms with van der Waals surface area (Å²) in [4.78, 5) is 25.4. The molecule has 2 unspecified atom stereocenters. The number of aliphatic hydroxyl groups is 1. The van der Waals surface area contributed by atoms with Crippen molar-refractivity contribution in [2.24, 2.45) is 5.92 Å². The summed E-state index contributed by atoms with van der Waals surface area (Å²) < 4.78 is 5.52. The molecule has 0 aliphatic carbocycles. The average Bonchev–Trinajstić information content (AvgIpc) is 3.19. The molecular weight excluding hydrogens is 346 g/mol. The molecule has 2 heterocycles. The number of hydrogen-bond donors (Lipinski definition) is 3. The molecule has 1 aromatic carbocycles. The molecule has 8 heteroatoms. The maximum absolute atomic E-state index is 11.9. The Balaban J connectivity index is 0.00000225. The summed E-state index contributed by atoms with van der Waals surface area (Å²) in [5.41, 5.74) is 0.801. The molecule has 3 N–H and O–H groups in total. The second kappa shape index (κ2) is 9.03. The number of carbonyl (C=O) groups is 2. The predicted octanol–water partition coefficient (Wildman–Crippen LogP) is 0.310. The van der Waals surface area contributed by atoms with Gasteiger partial charge in [0.05, 0.1) is 6.10 Å². The van der Waals surface area contributed by atoms with Crippen LogP contribution >= 0.6 is 12.4 Å². The number of nitrogens with zero attached hydrogens (tertiary/aromatic N) is 1. The lowest BCUT2D eigenvalue weighted by Gasteiger charge is -2.17. The van der Waals surface area contributed by atoms with Gasteiger partial charge >= 0.3 is 0 Å². The molecule has 2 amide bonds. The van der Waals surface area contributed by atoms with Gasteiger partial charge in [0.25, 0.3) is 5.91 Å². The van der Waals surface area contributed by atoms with Crippen LogP contribution < -0.4 is 20.3 Å². The van der Waals surface area contributed by atoms with E-state index in [1.807, 2.05) is 12.1 Å². The Bertz CT molecular complexity index is 613. The van der Waals surface area contributed by atoms with E-state index in [9.17, 15) is 14.7 Å². The molecule has 0 spiro atoms. The van der Waals surface area contributed by atoms with Gasteiger partial charge in [-0.1, -0.05) is 6.07 Å². The summed E-state index contributed by atoms with van der Waals surface area (Å²) in [6.07, 6.45) is 1.03. The maximum Gasteiger partial charge on any atom is 0.257 e. The molecule has 2 aliphatic heterocycles. The molecule has 25 heavy (non-hydrogen) atoms. The molecule has 2 atom stereocenters. The molecule has 0 bridgehead atoms. The molecule has 1 aromatic rings. The standard InChI is InChI=1S/C17H23N3O4.ClH/c21-15-10-18-8-12(15)9-19-16(22)11-24-14-4-1-3-13(7-14)20-6-2-5-17(20)23;/h1,3-4,7,12,15,18,21H,2,5-6,8-11H2,(H,19,22);1H. The van der Waals surface area contributed by atoms with E-state index >= 15 is 0 Å². The molecular formula is C17H24ClN3O4. The van der Waals surface area contributed by atoms with Crippen LogP contribution in [0.2, 0.25) is 0 Å². The summed E-state index contributed by atoms with van der Waals surface area (Å²) in [5.74, 6) is 0.494. The summed E-state index contributed by atoms with van der Waals surface area (Å²) in [6, 6.07) is 7.22. The minimum Gasteiger partial charge on any atom is -0.484 e. The van der Waals surface area contributed by atoms with E-state index in [-0.39, 0.29) is 36.7 Å². The smallest absolute Gasteiger partial charge is 0.257 e. The third-order valence-corrected chi connectivity index (χ3v) is 4.44. The quantitative estimate of drug-likeness (QED) is 0.671. The average molecular weight is 370 g/mol. The van der Waals surface area contributed by atoms with Crippen molar-refractivity contribution >= 4 is 29.9 Å². The summed E-state index contributed by atoms with van der Waals surface area (Å²) in [7, 11) is 0. The number of benzene rings is 1. The van der Waals surface area contributed by atoms with Gasteiger partial charge in [-0.2, -0.15) is 0 Å². The van der Waals surface area contributed by atoms with E-state index in [1.165, 1.54) is 0 Å². The van der Waals surface area contributed by atoms with Gasteiger partial charge in [-0.3, -0.25) is 9.59 Å². The first-order valence-corrected chi connectivity index (χ1v) is 8.32. The van der Waals surface area contributed by atoms with Crippen LogP contribution in [0.4, 0.5) is 5.69 Å². The van der Waals surface area contributed by atoms with Gasteiger partial charge in [-0.05, 0) is 18.6 Å².